The monoisotopic (exact) mass is 140 g/mol. The van der Waals surface area contributed by atoms with Gasteiger partial charge in [0.1, 0.15) is 0 Å². The number of hydrogen-bond donors (Lipinski definition) is 1. The van der Waals surface area contributed by atoms with Crippen LogP contribution in [0.1, 0.15) is 13.3 Å². The highest BCUT2D eigenvalue weighted by molar-refractivity contribution is 4.88. The van der Waals surface area contributed by atoms with Gasteiger partial charge < -0.3 is 5.73 Å². The summed E-state index contributed by atoms with van der Waals surface area (Å²) in [5, 5.41) is 0. The number of terminal acetylenes is 1. The summed E-state index contributed by atoms with van der Waals surface area (Å²) >= 11 is 0. The summed E-state index contributed by atoms with van der Waals surface area (Å²) in [7, 11) is 2.01. The smallest absolute Gasteiger partial charge is 0.0598 e. The van der Waals surface area contributed by atoms with Gasteiger partial charge in [-0.1, -0.05) is 5.92 Å². The summed E-state index contributed by atoms with van der Waals surface area (Å²) in [5.74, 6) is 2.59. The summed E-state index contributed by atoms with van der Waals surface area (Å²) < 4.78 is 0. The first kappa shape index (κ1) is 9.48. The maximum Gasteiger partial charge on any atom is 0.0598 e. The van der Waals surface area contributed by atoms with Crippen LogP contribution in [0.4, 0.5) is 0 Å². The van der Waals surface area contributed by atoms with Crippen LogP contribution in [0, 0.1) is 12.3 Å². The van der Waals surface area contributed by atoms with Crippen molar-refractivity contribution in [2.75, 3.05) is 20.1 Å². The maximum atomic E-state index is 5.39. The molecule has 58 valence electrons. The Morgan fingerprint density at radius 3 is 2.70 bits per heavy atom. The minimum atomic E-state index is 0.501. The lowest BCUT2D eigenvalue weighted by molar-refractivity contribution is 0.278. The molecule has 2 nitrogen and oxygen atoms in total. The fraction of sp³-hybridized carbons (Fsp3) is 0.750. The zero-order valence-corrected chi connectivity index (χ0v) is 6.80. The van der Waals surface area contributed by atoms with Crippen molar-refractivity contribution in [2.45, 2.75) is 19.4 Å². The van der Waals surface area contributed by atoms with Gasteiger partial charge in [-0.3, -0.25) is 4.90 Å². The van der Waals surface area contributed by atoms with E-state index in [1.807, 2.05) is 7.05 Å². The molecular formula is C8H16N2. The van der Waals surface area contributed by atoms with E-state index in [0.29, 0.717) is 12.6 Å². The van der Waals surface area contributed by atoms with E-state index >= 15 is 0 Å². The predicted octanol–water partition coefficient (Wildman–Crippen LogP) is 0.289. The molecular weight excluding hydrogens is 124 g/mol. The second-order valence-electron chi connectivity index (χ2n) is 2.55. The van der Waals surface area contributed by atoms with Crippen molar-refractivity contribution in [3.8, 4) is 12.3 Å². The van der Waals surface area contributed by atoms with Crippen LogP contribution in [0.2, 0.25) is 0 Å². The number of rotatable bonds is 4. The SMILES string of the molecule is C#CCN(C)C(C)CCN. The Hall–Kier alpha value is -0.520. The van der Waals surface area contributed by atoms with Gasteiger partial charge in [0, 0.05) is 6.04 Å². The van der Waals surface area contributed by atoms with Crippen molar-refractivity contribution in [3.63, 3.8) is 0 Å². The lowest BCUT2D eigenvalue weighted by Crippen LogP contribution is -2.31. The Balaban J connectivity index is 3.50. The fourth-order valence-corrected chi connectivity index (χ4v) is 0.761. The van der Waals surface area contributed by atoms with Gasteiger partial charge in [0.15, 0.2) is 0 Å². The summed E-state index contributed by atoms with van der Waals surface area (Å²) in [6, 6.07) is 0.501. The Bertz CT molecular complexity index is 115. The average molecular weight is 140 g/mol. The van der Waals surface area contributed by atoms with Crippen molar-refractivity contribution in [1.82, 2.24) is 4.90 Å². The summed E-state index contributed by atoms with van der Waals surface area (Å²) in [6.45, 7) is 3.57. The quantitative estimate of drug-likeness (QED) is 0.569. The molecule has 0 amide bonds. The molecule has 0 rings (SSSR count). The van der Waals surface area contributed by atoms with Gasteiger partial charge in [-0.25, -0.2) is 0 Å². The molecule has 0 aliphatic rings. The molecule has 0 aromatic carbocycles. The van der Waals surface area contributed by atoms with Gasteiger partial charge in [0.25, 0.3) is 0 Å². The molecule has 0 saturated carbocycles. The second-order valence-corrected chi connectivity index (χ2v) is 2.55. The third kappa shape index (κ3) is 3.49. The zero-order valence-electron chi connectivity index (χ0n) is 6.80. The molecule has 0 fully saturated rings. The van der Waals surface area contributed by atoms with E-state index in [1.54, 1.807) is 0 Å². The third-order valence-electron chi connectivity index (χ3n) is 1.68. The molecule has 1 unspecified atom stereocenters. The second kappa shape index (κ2) is 5.28. The molecule has 0 bridgehead atoms. The first-order valence-corrected chi connectivity index (χ1v) is 3.56. The van der Waals surface area contributed by atoms with Crippen LogP contribution in [0.5, 0.6) is 0 Å². The average Bonchev–Trinajstić information content (AvgIpc) is 1.89. The largest absolute Gasteiger partial charge is 0.330 e. The van der Waals surface area contributed by atoms with Crippen LogP contribution in [0.15, 0.2) is 0 Å². The van der Waals surface area contributed by atoms with Gasteiger partial charge in [0.2, 0.25) is 0 Å². The van der Waals surface area contributed by atoms with Gasteiger partial charge in [0.05, 0.1) is 6.54 Å². The summed E-state index contributed by atoms with van der Waals surface area (Å²) in [5.41, 5.74) is 5.39. The van der Waals surface area contributed by atoms with Crippen LogP contribution in [0.25, 0.3) is 0 Å². The van der Waals surface area contributed by atoms with E-state index < -0.39 is 0 Å². The molecule has 0 spiro atoms. The Kier molecular flexibility index (Phi) is 5.00. The number of hydrogen-bond acceptors (Lipinski definition) is 2. The number of nitrogens with two attached hydrogens (primary N) is 1. The van der Waals surface area contributed by atoms with Crippen molar-refractivity contribution in [2.24, 2.45) is 5.73 Å². The Morgan fingerprint density at radius 1 is 1.70 bits per heavy atom. The van der Waals surface area contributed by atoms with E-state index in [2.05, 4.69) is 17.7 Å². The molecule has 10 heavy (non-hydrogen) atoms. The zero-order chi connectivity index (χ0) is 7.98. The van der Waals surface area contributed by atoms with Gasteiger partial charge in [-0.05, 0) is 26.9 Å². The van der Waals surface area contributed by atoms with Gasteiger partial charge in [-0.2, -0.15) is 0 Å². The maximum absolute atomic E-state index is 5.39. The van der Waals surface area contributed by atoms with Gasteiger partial charge in [-0.15, -0.1) is 6.42 Å². The first-order chi connectivity index (χ1) is 4.72. The summed E-state index contributed by atoms with van der Waals surface area (Å²) in [6.07, 6.45) is 6.15. The molecule has 0 aliphatic carbocycles. The molecule has 0 aromatic rings. The highest BCUT2D eigenvalue weighted by Crippen LogP contribution is 1.97. The van der Waals surface area contributed by atoms with Crippen LogP contribution in [-0.2, 0) is 0 Å². The molecule has 0 saturated heterocycles. The van der Waals surface area contributed by atoms with Crippen molar-refractivity contribution < 1.29 is 0 Å². The molecule has 0 radical (unpaired) electrons. The lowest BCUT2D eigenvalue weighted by atomic mass is 10.2. The highest BCUT2D eigenvalue weighted by atomic mass is 15.1. The van der Waals surface area contributed by atoms with Crippen LogP contribution in [-0.4, -0.2) is 31.1 Å². The molecule has 2 heteroatoms. The normalized spacial score (nSPS) is 13.1. The summed E-state index contributed by atoms with van der Waals surface area (Å²) in [4.78, 5) is 2.12. The lowest BCUT2D eigenvalue weighted by Gasteiger charge is -2.21. The molecule has 0 aliphatic heterocycles. The molecule has 2 N–H and O–H groups in total. The van der Waals surface area contributed by atoms with Crippen molar-refractivity contribution in [3.05, 3.63) is 0 Å². The minimum Gasteiger partial charge on any atom is -0.330 e. The topological polar surface area (TPSA) is 29.3 Å². The Labute approximate surface area is 63.4 Å². The first-order valence-electron chi connectivity index (χ1n) is 3.56. The standard InChI is InChI=1S/C8H16N2/c1-4-7-10(3)8(2)5-6-9/h1,8H,5-7,9H2,2-3H3. The van der Waals surface area contributed by atoms with E-state index in [-0.39, 0.29) is 0 Å². The Morgan fingerprint density at radius 2 is 2.30 bits per heavy atom. The van der Waals surface area contributed by atoms with Crippen LogP contribution in [0.3, 0.4) is 0 Å². The van der Waals surface area contributed by atoms with Gasteiger partial charge >= 0.3 is 0 Å². The fourth-order valence-electron chi connectivity index (χ4n) is 0.761. The third-order valence-corrected chi connectivity index (χ3v) is 1.68. The minimum absolute atomic E-state index is 0.501. The predicted molar refractivity (Wildman–Crippen MR) is 44.6 cm³/mol. The van der Waals surface area contributed by atoms with E-state index in [9.17, 15) is 0 Å². The highest BCUT2D eigenvalue weighted by Gasteiger charge is 2.04. The molecule has 0 aromatic heterocycles. The molecule has 0 heterocycles. The van der Waals surface area contributed by atoms with E-state index in [4.69, 9.17) is 12.2 Å². The number of nitrogens with zero attached hydrogens (tertiary/aromatic N) is 1. The van der Waals surface area contributed by atoms with E-state index in [1.165, 1.54) is 0 Å². The molecule has 1 atom stereocenters. The van der Waals surface area contributed by atoms with Crippen LogP contribution >= 0.6 is 0 Å². The van der Waals surface area contributed by atoms with Crippen LogP contribution < -0.4 is 5.73 Å². The van der Waals surface area contributed by atoms with Crippen molar-refractivity contribution >= 4 is 0 Å². The van der Waals surface area contributed by atoms with E-state index in [0.717, 1.165) is 13.0 Å². The van der Waals surface area contributed by atoms with Crippen molar-refractivity contribution in [1.29, 1.82) is 0 Å².